The van der Waals surface area contributed by atoms with Gasteiger partial charge in [0.05, 0.1) is 23.3 Å². The number of hydrogen-bond acceptors (Lipinski definition) is 2. The fourth-order valence-corrected chi connectivity index (χ4v) is 1.62. The van der Waals surface area contributed by atoms with Gasteiger partial charge < -0.3 is 0 Å². The Morgan fingerprint density at radius 2 is 1.56 bits per heavy atom. The second kappa shape index (κ2) is 5.48. The van der Waals surface area contributed by atoms with E-state index in [9.17, 15) is 5.26 Å². The molecule has 0 aliphatic heterocycles. The van der Waals surface area contributed by atoms with Crippen molar-refractivity contribution in [1.29, 1.82) is 10.5 Å². The first-order valence-electron chi connectivity index (χ1n) is 5.51. The first kappa shape index (κ1) is 11.6. The van der Waals surface area contributed by atoms with Gasteiger partial charge in [0.15, 0.2) is 0 Å². The van der Waals surface area contributed by atoms with Crippen LogP contribution in [0.2, 0.25) is 0 Å². The standard InChI is InChI=1S/C16H10N2/c17-11-14-6-8-15(9-7-14)16(12-18)10-13-4-2-1-3-5-13/h1-10H/b16-10-. The van der Waals surface area contributed by atoms with Crippen LogP contribution in [0.15, 0.2) is 54.6 Å². The van der Waals surface area contributed by atoms with Crippen LogP contribution in [-0.4, -0.2) is 0 Å². The topological polar surface area (TPSA) is 47.6 Å². The van der Waals surface area contributed by atoms with E-state index in [1.54, 1.807) is 24.3 Å². The Morgan fingerprint density at radius 3 is 2.11 bits per heavy atom. The third-order valence-corrected chi connectivity index (χ3v) is 2.56. The van der Waals surface area contributed by atoms with Crippen molar-refractivity contribution in [3.05, 3.63) is 71.3 Å². The van der Waals surface area contributed by atoms with Crippen LogP contribution in [0, 0.1) is 22.7 Å². The highest BCUT2D eigenvalue weighted by atomic mass is 14.3. The minimum Gasteiger partial charge on any atom is -0.192 e. The van der Waals surface area contributed by atoms with Gasteiger partial charge in [0.1, 0.15) is 0 Å². The van der Waals surface area contributed by atoms with Crippen LogP contribution >= 0.6 is 0 Å². The van der Waals surface area contributed by atoms with Gasteiger partial charge in [0, 0.05) is 0 Å². The number of allylic oxidation sites excluding steroid dienone is 1. The van der Waals surface area contributed by atoms with Gasteiger partial charge in [0.2, 0.25) is 0 Å². The molecule has 0 fully saturated rings. The molecule has 2 heteroatoms. The van der Waals surface area contributed by atoms with Gasteiger partial charge in [-0.2, -0.15) is 10.5 Å². The molecule has 0 heterocycles. The molecule has 0 aromatic heterocycles. The van der Waals surface area contributed by atoms with Crippen molar-refractivity contribution in [2.45, 2.75) is 0 Å². The fraction of sp³-hybridized carbons (Fsp3) is 0. The van der Waals surface area contributed by atoms with E-state index in [-0.39, 0.29) is 0 Å². The molecule has 0 atom stereocenters. The summed E-state index contributed by atoms with van der Waals surface area (Å²) in [5.74, 6) is 0. The Bertz CT molecular complexity index is 638. The van der Waals surface area contributed by atoms with E-state index >= 15 is 0 Å². The predicted molar refractivity (Wildman–Crippen MR) is 71.1 cm³/mol. The van der Waals surface area contributed by atoms with Gasteiger partial charge in [-0.05, 0) is 29.3 Å². The zero-order valence-corrected chi connectivity index (χ0v) is 9.67. The number of nitrogens with zero attached hydrogens (tertiary/aromatic N) is 2. The molecule has 84 valence electrons. The molecule has 0 amide bonds. The largest absolute Gasteiger partial charge is 0.192 e. The van der Waals surface area contributed by atoms with Crippen LogP contribution < -0.4 is 0 Å². The highest BCUT2D eigenvalue weighted by molar-refractivity contribution is 5.89. The molecule has 0 unspecified atom stereocenters. The van der Waals surface area contributed by atoms with Crippen molar-refractivity contribution < 1.29 is 0 Å². The van der Waals surface area contributed by atoms with Gasteiger partial charge >= 0.3 is 0 Å². The zero-order valence-electron chi connectivity index (χ0n) is 9.67. The third-order valence-electron chi connectivity index (χ3n) is 2.56. The van der Waals surface area contributed by atoms with Gasteiger partial charge in [-0.1, -0.05) is 42.5 Å². The first-order chi connectivity index (χ1) is 8.83. The molecular weight excluding hydrogens is 220 g/mol. The number of rotatable bonds is 2. The smallest absolute Gasteiger partial charge is 0.0998 e. The molecule has 0 aliphatic rings. The van der Waals surface area contributed by atoms with Crippen LogP contribution in [-0.2, 0) is 0 Å². The summed E-state index contributed by atoms with van der Waals surface area (Å²) < 4.78 is 0. The quantitative estimate of drug-likeness (QED) is 0.584. The summed E-state index contributed by atoms with van der Waals surface area (Å²) in [5.41, 5.74) is 2.99. The minimum absolute atomic E-state index is 0.589. The lowest BCUT2D eigenvalue weighted by Gasteiger charge is -1.99. The lowest BCUT2D eigenvalue weighted by molar-refractivity contribution is 1.47. The van der Waals surface area contributed by atoms with Crippen molar-refractivity contribution in [1.82, 2.24) is 0 Å². The van der Waals surface area contributed by atoms with Crippen molar-refractivity contribution >= 4 is 11.6 Å². The van der Waals surface area contributed by atoms with Crippen molar-refractivity contribution in [2.75, 3.05) is 0 Å². The minimum atomic E-state index is 0.589. The summed E-state index contributed by atoms with van der Waals surface area (Å²) in [5, 5.41) is 17.9. The highest BCUT2D eigenvalue weighted by Crippen LogP contribution is 2.18. The first-order valence-corrected chi connectivity index (χ1v) is 5.51. The molecule has 2 nitrogen and oxygen atoms in total. The maximum atomic E-state index is 9.18. The van der Waals surface area contributed by atoms with E-state index in [0.717, 1.165) is 11.1 Å². The van der Waals surface area contributed by atoms with E-state index in [1.165, 1.54) is 0 Å². The molecular formula is C16H10N2. The zero-order chi connectivity index (χ0) is 12.8. The summed E-state index contributed by atoms with van der Waals surface area (Å²) in [6.45, 7) is 0. The van der Waals surface area contributed by atoms with Gasteiger partial charge in [-0.15, -0.1) is 0 Å². The molecule has 0 saturated carbocycles. The van der Waals surface area contributed by atoms with Crippen molar-refractivity contribution in [3.8, 4) is 12.1 Å². The maximum Gasteiger partial charge on any atom is 0.0998 e. The number of benzene rings is 2. The molecule has 0 N–H and O–H groups in total. The SMILES string of the molecule is N#C/C(=C/c1ccccc1)c1ccc(C#N)cc1. The molecule has 0 saturated heterocycles. The fourth-order valence-electron chi connectivity index (χ4n) is 1.62. The molecule has 2 rings (SSSR count). The molecule has 2 aromatic carbocycles. The molecule has 0 radical (unpaired) electrons. The Hall–Kier alpha value is -2.84. The van der Waals surface area contributed by atoms with E-state index in [1.807, 2.05) is 36.4 Å². The number of nitriles is 2. The Labute approximate surface area is 106 Å². The van der Waals surface area contributed by atoms with Crippen LogP contribution in [0.1, 0.15) is 16.7 Å². The monoisotopic (exact) mass is 230 g/mol. The molecule has 2 aromatic rings. The molecule has 0 bridgehead atoms. The summed E-state index contributed by atoms with van der Waals surface area (Å²) in [4.78, 5) is 0. The van der Waals surface area contributed by atoms with E-state index < -0.39 is 0 Å². The Kier molecular flexibility index (Phi) is 3.54. The van der Waals surface area contributed by atoms with Crippen molar-refractivity contribution in [3.63, 3.8) is 0 Å². The normalized spacial score (nSPS) is 10.4. The van der Waals surface area contributed by atoms with Gasteiger partial charge in [-0.3, -0.25) is 0 Å². The average molecular weight is 230 g/mol. The van der Waals surface area contributed by atoms with Crippen molar-refractivity contribution in [2.24, 2.45) is 0 Å². The van der Waals surface area contributed by atoms with Crippen LogP contribution in [0.5, 0.6) is 0 Å². The summed E-state index contributed by atoms with van der Waals surface area (Å²) in [6, 6.07) is 20.9. The second-order valence-electron chi connectivity index (χ2n) is 3.77. The van der Waals surface area contributed by atoms with Crippen LogP contribution in [0.25, 0.3) is 11.6 Å². The van der Waals surface area contributed by atoms with E-state index in [0.29, 0.717) is 11.1 Å². The summed E-state index contributed by atoms with van der Waals surface area (Å²) in [7, 11) is 0. The average Bonchev–Trinajstić information content (AvgIpc) is 2.46. The molecule has 0 spiro atoms. The molecule has 0 aliphatic carbocycles. The summed E-state index contributed by atoms with van der Waals surface area (Å²) in [6.07, 6.45) is 1.83. The van der Waals surface area contributed by atoms with E-state index in [2.05, 4.69) is 12.1 Å². The van der Waals surface area contributed by atoms with Gasteiger partial charge in [-0.25, -0.2) is 0 Å². The lowest BCUT2D eigenvalue weighted by atomic mass is 10.0. The number of hydrogen-bond donors (Lipinski definition) is 0. The Morgan fingerprint density at radius 1 is 0.889 bits per heavy atom. The second-order valence-corrected chi connectivity index (χ2v) is 3.77. The Balaban J connectivity index is 2.38. The predicted octanol–water partition coefficient (Wildman–Crippen LogP) is 3.62. The summed E-state index contributed by atoms with van der Waals surface area (Å²) >= 11 is 0. The van der Waals surface area contributed by atoms with Crippen LogP contribution in [0.4, 0.5) is 0 Å². The lowest BCUT2D eigenvalue weighted by Crippen LogP contribution is -1.83. The maximum absolute atomic E-state index is 9.18. The van der Waals surface area contributed by atoms with E-state index in [4.69, 9.17) is 5.26 Å². The van der Waals surface area contributed by atoms with Gasteiger partial charge in [0.25, 0.3) is 0 Å². The third kappa shape index (κ3) is 2.64. The molecule has 18 heavy (non-hydrogen) atoms. The highest BCUT2D eigenvalue weighted by Gasteiger charge is 2.01. The van der Waals surface area contributed by atoms with Crippen LogP contribution in [0.3, 0.4) is 0 Å².